The maximum absolute atomic E-state index is 13.4. The van der Waals surface area contributed by atoms with Crippen LogP contribution in [0.2, 0.25) is 0 Å². The summed E-state index contributed by atoms with van der Waals surface area (Å²) in [5, 5.41) is 4.63. The van der Waals surface area contributed by atoms with Crippen molar-refractivity contribution in [1.82, 2.24) is 0 Å². The van der Waals surface area contributed by atoms with Gasteiger partial charge in [0, 0.05) is 6.08 Å². The standard InChI is InChI=1S/C38H42O4/c1-37-15-13-30(42-36(40)26-8-7-25-17-23-5-3-4-6-24(23)18-27(25)19-26)21-29(37)9-10-31-33-12-11-32(28-20-35(39)41-22-28)38(33,2)16-14-34(31)37/h3-8,17-20,29-34H,9-16,21-22H2,1-2H3/t29-,30+,31+,32-,33+,34+,37+,38-/m1/s1. The Labute approximate surface area is 248 Å². The highest BCUT2D eigenvalue weighted by Gasteiger charge is 2.61. The molecule has 5 aliphatic rings. The van der Waals surface area contributed by atoms with E-state index in [4.69, 9.17) is 9.47 Å². The van der Waals surface area contributed by atoms with Crippen molar-refractivity contribution in [1.29, 1.82) is 0 Å². The van der Waals surface area contributed by atoms with Crippen LogP contribution < -0.4 is 0 Å². The summed E-state index contributed by atoms with van der Waals surface area (Å²) in [4.78, 5) is 25.2. The lowest BCUT2D eigenvalue weighted by molar-refractivity contribution is -0.135. The molecule has 4 fully saturated rings. The van der Waals surface area contributed by atoms with Gasteiger partial charge in [-0.15, -0.1) is 0 Å². The highest BCUT2D eigenvalue weighted by molar-refractivity contribution is 6.01. The Morgan fingerprint density at radius 1 is 0.810 bits per heavy atom. The van der Waals surface area contributed by atoms with Crippen LogP contribution >= 0.6 is 0 Å². The fraction of sp³-hybridized carbons (Fsp3) is 0.526. The summed E-state index contributed by atoms with van der Waals surface area (Å²) in [5.41, 5.74) is 2.54. The number of carbonyl (C=O) groups excluding carboxylic acids is 2. The number of esters is 2. The van der Waals surface area contributed by atoms with Crippen LogP contribution in [0.1, 0.15) is 82.0 Å². The zero-order chi connectivity index (χ0) is 28.6. The normalized spacial score (nSPS) is 37.5. The fourth-order valence-corrected chi connectivity index (χ4v) is 10.8. The second-order valence-corrected chi connectivity index (χ2v) is 14.7. The molecule has 4 saturated carbocycles. The van der Waals surface area contributed by atoms with Crippen LogP contribution in [0.4, 0.5) is 0 Å². The third-order valence-corrected chi connectivity index (χ3v) is 13.0. The molecule has 0 radical (unpaired) electrons. The minimum atomic E-state index is -0.179. The number of hydrogen-bond donors (Lipinski definition) is 0. The Morgan fingerprint density at radius 3 is 2.33 bits per heavy atom. The molecule has 0 aromatic heterocycles. The number of cyclic esters (lactones) is 1. The van der Waals surface area contributed by atoms with Crippen molar-refractivity contribution in [2.75, 3.05) is 6.61 Å². The zero-order valence-electron chi connectivity index (χ0n) is 24.9. The third kappa shape index (κ3) is 4.07. The number of rotatable bonds is 3. The average Bonchev–Trinajstić information content (AvgIpc) is 3.58. The van der Waals surface area contributed by atoms with Gasteiger partial charge in [0.05, 0.1) is 5.56 Å². The van der Waals surface area contributed by atoms with E-state index in [0.717, 1.165) is 47.8 Å². The second-order valence-electron chi connectivity index (χ2n) is 14.7. The van der Waals surface area contributed by atoms with Crippen molar-refractivity contribution in [3.8, 4) is 0 Å². The van der Waals surface area contributed by atoms with Gasteiger partial charge in [-0.25, -0.2) is 9.59 Å². The molecule has 8 atom stereocenters. The first kappa shape index (κ1) is 26.5. The summed E-state index contributed by atoms with van der Waals surface area (Å²) in [7, 11) is 0. The Hall–Kier alpha value is -3.14. The largest absolute Gasteiger partial charge is 0.459 e. The first-order valence-electron chi connectivity index (χ1n) is 16.3. The van der Waals surface area contributed by atoms with Crippen LogP contribution in [-0.2, 0) is 14.3 Å². The summed E-state index contributed by atoms with van der Waals surface area (Å²) in [6, 6.07) is 18.7. The maximum atomic E-state index is 13.4. The van der Waals surface area contributed by atoms with Crippen LogP contribution in [0.5, 0.6) is 0 Å². The molecule has 3 aromatic carbocycles. The van der Waals surface area contributed by atoms with E-state index in [2.05, 4.69) is 56.3 Å². The number of carbonyl (C=O) groups is 2. The molecule has 218 valence electrons. The quantitative estimate of drug-likeness (QED) is 0.237. The summed E-state index contributed by atoms with van der Waals surface area (Å²) >= 11 is 0. The Kier molecular flexibility index (Phi) is 6.11. The number of benzene rings is 3. The van der Waals surface area contributed by atoms with E-state index in [-0.39, 0.29) is 18.0 Å². The fourth-order valence-electron chi connectivity index (χ4n) is 10.8. The minimum Gasteiger partial charge on any atom is -0.459 e. The second kappa shape index (κ2) is 9.69. The van der Waals surface area contributed by atoms with Gasteiger partial charge in [0.15, 0.2) is 0 Å². The van der Waals surface area contributed by atoms with E-state index in [1.807, 2.05) is 12.1 Å². The Balaban J connectivity index is 0.957. The van der Waals surface area contributed by atoms with E-state index in [9.17, 15) is 9.59 Å². The smallest absolute Gasteiger partial charge is 0.338 e. The first-order valence-corrected chi connectivity index (χ1v) is 16.3. The van der Waals surface area contributed by atoms with Crippen LogP contribution in [0, 0.1) is 40.4 Å². The molecule has 4 nitrogen and oxygen atoms in total. The van der Waals surface area contributed by atoms with Crippen LogP contribution in [0.25, 0.3) is 21.5 Å². The van der Waals surface area contributed by atoms with Gasteiger partial charge in [-0.2, -0.15) is 0 Å². The lowest BCUT2D eigenvalue weighted by Gasteiger charge is -2.61. The van der Waals surface area contributed by atoms with Gasteiger partial charge in [0.2, 0.25) is 0 Å². The molecular formula is C38H42O4. The molecule has 0 unspecified atom stereocenters. The molecule has 1 heterocycles. The van der Waals surface area contributed by atoms with E-state index >= 15 is 0 Å². The summed E-state index contributed by atoms with van der Waals surface area (Å²) in [6.45, 7) is 5.60. The van der Waals surface area contributed by atoms with Crippen molar-refractivity contribution >= 4 is 33.5 Å². The highest BCUT2D eigenvalue weighted by atomic mass is 16.5. The van der Waals surface area contributed by atoms with E-state index in [1.165, 1.54) is 54.9 Å². The van der Waals surface area contributed by atoms with E-state index in [0.29, 0.717) is 34.8 Å². The first-order chi connectivity index (χ1) is 20.3. The molecule has 0 saturated heterocycles. The maximum Gasteiger partial charge on any atom is 0.338 e. The van der Waals surface area contributed by atoms with Gasteiger partial charge in [-0.05, 0) is 150 Å². The molecule has 8 rings (SSSR count). The number of fused-ring (bicyclic) bond motifs is 7. The van der Waals surface area contributed by atoms with Gasteiger partial charge in [0.25, 0.3) is 0 Å². The van der Waals surface area contributed by atoms with Crippen molar-refractivity contribution in [3.05, 3.63) is 71.8 Å². The predicted molar refractivity (Wildman–Crippen MR) is 165 cm³/mol. The zero-order valence-corrected chi connectivity index (χ0v) is 24.9. The average molecular weight is 563 g/mol. The van der Waals surface area contributed by atoms with E-state index in [1.54, 1.807) is 6.08 Å². The van der Waals surface area contributed by atoms with Crippen LogP contribution in [0.3, 0.4) is 0 Å². The molecule has 42 heavy (non-hydrogen) atoms. The van der Waals surface area contributed by atoms with Crippen LogP contribution in [0.15, 0.2) is 66.2 Å². The van der Waals surface area contributed by atoms with Gasteiger partial charge < -0.3 is 9.47 Å². The van der Waals surface area contributed by atoms with E-state index < -0.39 is 0 Å². The molecule has 1 aliphatic heterocycles. The lowest BCUT2D eigenvalue weighted by atomic mass is 9.44. The molecular weight excluding hydrogens is 520 g/mol. The SMILES string of the molecule is C[C@]12CC[C@H](OC(=O)c3ccc4cc5ccccc5cc4c3)C[C@H]1CC[C@@H]1[C@@H]2CC[C@]2(C)[C@@H](C3=CC(=O)OC3)CC[C@@H]12. The Morgan fingerprint density at radius 2 is 1.55 bits per heavy atom. The molecule has 0 bridgehead atoms. The number of hydrogen-bond acceptors (Lipinski definition) is 4. The predicted octanol–water partition coefficient (Wildman–Crippen LogP) is 8.66. The molecule has 3 aromatic rings. The topological polar surface area (TPSA) is 52.6 Å². The summed E-state index contributed by atoms with van der Waals surface area (Å²) < 4.78 is 11.6. The minimum absolute atomic E-state index is 0.0102. The third-order valence-electron chi connectivity index (χ3n) is 13.0. The molecule has 4 heteroatoms. The summed E-state index contributed by atoms with van der Waals surface area (Å²) in [6.07, 6.45) is 12.5. The molecule has 0 N–H and O–H groups in total. The lowest BCUT2D eigenvalue weighted by Crippen LogP contribution is -2.54. The van der Waals surface area contributed by atoms with Gasteiger partial charge in [-0.3, -0.25) is 0 Å². The van der Waals surface area contributed by atoms with Gasteiger partial charge in [-0.1, -0.05) is 44.2 Å². The molecule has 0 amide bonds. The number of ether oxygens (including phenoxy) is 2. The molecule has 4 aliphatic carbocycles. The van der Waals surface area contributed by atoms with Crippen molar-refractivity contribution in [3.63, 3.8) is 0 Å². The Bertz CT molecular complexity index is 1620. The highest BCUT2D eigenvalue weighted by Crippen LogP contribution is 2.68. The van der Waals surface area contributed by atoms with Crippen molar-refractivity contribution < 1.29 is 19.1 Å². The van der Waals surface area contributed by atoms with Crippen molar-refractivity contribution in [2.24, 2.45) is 40.4 Å². The van der Waals surface area contributed by atoms with Gasteiger partial charge >= 0.3 is 11.9 Å². The molecule has 0 spiro atoms. The monoisotopic (exact) mass is 562 g/mol. The summed E-state index contributed by atoms with van der Waals surface area (Å²) in [5.74, 6) is 3.09. The van der Waals surface area contributed by atoms with Gasteiger partial charge in [0.1, 0.15) is 12.7 Å². The van der Waals surface area contributed by atoms with Crippen LogP contribution in [-0.4, -0.2) is 24.6 Å². The van der Waals surface area contributed by atoms with Crippen molar-refractivity contribution in [2.45, 2.75) is 77.7 Å².